The molecule has 0 unspecified atom stereocenters. The molecule has 6 nitrogen and oxygen atoms in total. The highest BCUT2D eigenvalue weighted by atomic mass is 16.5. The van der Waals surface area contributed by atoms with Gasteiger partial charge in [0.1, 0.15) is 0 Å². The zero-order chi connectivity index (χ0) is 14.4. The molecule has 0 fully saturated rings. The average Bonchev–Trinajstić information content (AvgIpc) is 2.89. The minimum absolute atomic E-state index is 0.205. The van der Waals surface area contributed by atoms with Gasteiger partial charge in [-0.3, -0.25) is 4.79 Å². The number of nitrogens with one attached hydrogen (secondary N) is 1. The number of nitrogens with two attached hydrogens (primary N) is 1. The second-order valence-electron chi connectivity index (χ2n) is 4.58. The molecule has 0 radical (unpaired) electrons. The van der Waals surface area contributed by atoms with E-state index in [4.69, 9.17) is 10.3 Å². The number of aryl methyl sites for hydroxylation is 2. The van der Waals surface area contributed by atoms with E-state index in [1.54, 1.807) is 6.92 Å². The van der Waals surface area contributed by atoms with Crippen LogP contribution in [0.25, 0.3) is 0 Å². The maximum absolute atomic E-state index is 11.8. The smallest absolute Gasteiger partial charge is 0.237 e. The van der Waals surface area contributed by atoms with Crippen LogP contribution >= 0.6 is 0 Å². The fraction of sp³-hybridized carbons (Fsp3) is 0.357. The molecule has 106 valence electrons. The molecule has 1 amide bonds. The van der Waals surface area contributed by atoms with E-state index in [1.165, 1.54) is 5.56 Å². The molecule has 1 aromatic carbocycles. The van der Waals surface area contributed by atoms with Crippen LogP contribution in [-0.2, 0) is 17.8 Å². The number of carbonyl (C=O) groups excluding carboxylic acids is 1. The zero-order valence-corrected chi connectivity index (χ0v) is 11.4. The normalized spacial score (nSPS) is 12.1. The van der Waals surface area contributed by atoms with E-state index in [-0.39, 0.29) is 12.5 Å². The molecule has 0 saturated heterocycles. The quantitative estimate of drug-likeness (QED) is 0.818. The van der Waals surface area contributed by atoms with Gasteiger partial charge in [-0.05, 0) is 18.4 Å². The maximum Gasteiger partial charge on any atom is 0.237 e. The average molecular weight is 274 g/mol. The monoisotopic (exact) mass is 274 g/mol. The molecule has 2 aromatic rings. The molecule has 0 aliphatic rings. The number of hydrogen-bond donors (Lipinski definition) is 2. The Balaban J connectivity index is 1.74. The van der Waals surface area contributed by atoms with Crippen LogP contribution in [0.15, 0.2) is 34.9 Å². The molecular weight excluding hydrogens is 256 g/mol. The van der Waals surface area contributed by atoms with Crippen molar-refractivity contribution in [1.82, 2.24) is 15.5 Å². The van der Waals surface area contributed by atoms with Gasteiger partial charge in [0.25, 0.3) is 0 Å². The fourth-order valence-corrected chi connectivity index (χ4v) is 1.81. The minimum atomic E-state index is -0.539. The third-order valence-electron chi connectivity index (χ3n) is 2.91. The van der Waals surface area contributed by atoms with Crippen molar-refractivity contribution in [2.24, 2.45) is 5.73 Å². The van der Waals surface area contributed by atoms with Crippen molar-refractivity contribution in [2.75, 3.05) is 0 Å². The number of rotatable bonds is 6. The van der Waals surface area contributed by atoms with Gasteiger partial charge in [0, 0.05) is 6.92 Å². The Morgan fingerprint density at radius 3 is 2.80 bits per heavy atom. The van der Waals surface area contributed by atoms with E-state index in [2.05, 4.69) is 15.5 Å². The summed E-state index contributed by atoms with van der Waals surface area (Å²) in [7, 11) is 0. The first-order chi connectivity index (χ1) is 9.65. The van der Waals surface area contributed by atoms with E-state index in [9.17, 15) is 4.79 Å². The minimum Gasteiger partial charge on any atom is -0.347 e. The molecule has 20 heavy (non-hydrogen) atoms. The summed E-state index contributed by atoms with van der Waals surface area (Å²) in [5, 5.41) is 6.40. The number of nitrogens with zero attached hydrogens (tertiary/aromatic N) is 2. The highest BCUT2D eigenvalue weighted by molar-refractivity contribution is 5.81. The molecular formula is C14H18N4O2. The van der Waals surface area contributed by atoms with E-state index in [0.29, 0.717) is 18.1 Å². The van der Waals surface area contributed by atoms with E-state index < -0.39 is 6.04 Å². The van der Waals surface area contributed by atoms with Gasteiger partial charge in [-0.15, -0.1) is 0 Å². The van der Waals surface area contributed by atoms with Crippen molar-refractivity contribution in [3.05, 3.63) is 47.6 Å². The van der Waals surface area contributed by atoms with E-state index in [0.717, 1.165) is 6.42 Å². The van der Waals surface area contributed by atoms with Crippen molar-refractivity contribution in [3.8, 4) is 0 Å². The van der Waals surface area contributed by atoms with Crippen molar-refractivity contribution in [2.45, 2.75) is 32.4 Å². The molecule has 3 N–H and O–H groups in total. The Morgan fingerprint density at radius 1 is 1.40 bits per heavy atom. The number of hydrogen-bond acceptors (Lipinski definition) is 5. The van der Waals surface area contributed by atoms with Crippen LogP contribution in [0.1, 0.15) is 23.7 Å². The van der Waals surface area contributed by atoms with Crippen molar-refractivity contribution < 1.29 is 9.32 Å². The van der Waals surface area contributed by atoms with Gasteiger partial charge in [-0.2, -0.15) is 4.98 Å². The second kappa shape index (κ2) is 6.81. The predicted molar refractivity (Wildman–Crippen MR) is 73.6 cm³/mol. The summed E-state index contributed by atoms with van der Waals surface area (Å²) in [5.41, 5.74) is 7.03. The third kappa shape index (κ3) is 4.17. The molecule has 2 rings (SSSR count). The van der Waals surface area contributed by atoms with Gasteiger partial charge in [0.05, 0.1) is 12.6 Å². The fourth-order valence-electron chi connectivity index (χ4n) is 1.81. The van der Waals surface area contributed by atoms with Crippen molar-refractivity contribution >= 4 is 5.91 Å². The topological polar surface area (TPSA) is 94.0 Å². The molecule has 0 spiro atoms. The molecule has 1 aromatic heterocycles. The van der Waals surface area contributed by atoms with Gasteiger partial charge in [-0.1, -0.05) is 35.5 Å². The van der Waals surface area contributed by atoms with Crippen LogP contribution in [0.3, 0.4) is 0 Å². The molecule has 1 heterocycles. The molecule has 0 aliphatic heterocycles. The highest BCUT2D eigenvalue weighted by Gasteiger charge is 2.14. The van der Waals surface area contributed by atoms with Gasteiger partial charge < -0.3 is 15.6 Å². The van der Waals surface area contributed by atoms with Gasteiger partial charge >= 0.3 is 0 Å². The standard InChI is InChI=1S/C14H18N4O2/c1-10-17-13(18-20-10)9-16-14(19)12(15)8-7-11-5-3-2-4-6-11/h2-6,12H,7-9,15H2,1H3,(H,16,19)/t12-/m0/s1. The van der Waals surface area contributed by atoms with Gasteiger partial charge in [0.15, 0.2) is 5.82 Å². The molecule has 0 saturated carbocycles. The Hall–Kier alpha value is -2.21. The summed E-state index contributed by atoms with van der Waals surface area (Å²) in [4.78, 5) is 15.8. The van der Waals surface area contributed by atoms with Crippen LogP contribution in [0.5, 0.6) is 0 Å². The number of aromatic nitrogens is 2. The maximum atomic E-state index is 11.8. The Labute approximate surface area is 117 Å². The van der Waals surface area contributed by atoms with E-state index in [1.807, 2.05) is 30.3 Å². The van der Waals surface area contributed by atoms with Crippen LogP contribution in [0.4, 0.5) is 0 Å². The summed E-state index contributed by atoms with van der Waals surface area (Å²) in [6.07, 6.45) is 1.37. The predicted octanol–water partition coefficient (Wildman–Crippen LogP) is 0.954. The third-order valence-corrected chi connectivity index (χ3v) is 2.91. The number of amides is 1. The molecule has 6 heteroatoms. The molecule has 0 aliphatic carbocycles. The highest BCUT2D eigenvalue weighted by Crippen LogP contribution is 2.04. The largest absolute Gasteiger partial charge is 0.347 e. The van der Waals surface area contributed by atoms with E-state index >= 15 is 0 Å². The lowest BCUT2D eigenvalue weighted by atomic mass is 10.1. The Morgan fingerprint density at radius 2 is 2.15 bits per heavy atom. The summed E-state index contributed by atoms with van der Waals surface area (Å²) >= 11 is 0. The van der Waals surface area contributed by atoms with Crippen LogP contribution in [-0.4, -0.2) is 22.1 Å². The number of carbonyl (C=O) groups is 1. The summed E-state index contributed by atoms with van der Waals surface area (Å²) in [5.74, 6) is 0.720. The first kappa shape index (κ1) is 14.2. The van der Waals surface area contributed by atoms with Crippen molar-refractivity contribution in [1.29, 1.82) is 0 Å². The molecule has 1 atom stereocenters. The summed E-state index contributed by atoms with van der Waals surface area (Å²) in [6.45, 7) is 1.93. The van der Waals surface area contributed by atoms with Crippen molar-refractivity contribution in [3.63, 3.8) is 0 Å². The van der Waals surface area contributed by atoms with Crippen LogP contribution in [0.2, 0.25) is 0 Å². The second-order valence-corrected chi connectivity index (χ2v) is 4.58. The Kier molecular flexibility index (Phi) is 4.84. The van der Waals surface area contributed by atoms with Gasteiger partial charge in [0.2, 0.25) is 11.8 Å². The number of benzene rings is 1. The lowest BCUT2D eigenvalue weighted by Crippen LogP contribution is -2.40. The SMILES string of the molecule is Cc1nc(CNC(=O)[C@@H](N)CCc2ccccc2)no1. The molecule has 0 bridgehead atoms. The zero-order valence-electron chi connectivity index (χ0n) is 11.4. The van der Waals surface area contributed by atoms with Gasteiger partial charge in [-0.25, -0.2) is 0 Å². The van der Waals surface area contributed by atoms with Crippen LogP contribution < -0.4 is 11.1 Å². The first-order valence-electron chi connectivity index (χ1n) is 6.51. The summed E-state index contributed by atoms with van der Waals surface area (Å²) < 4.78 is 4.82. The lowest BCUT2D eigenvalue weighted by molar-refractivity contribution is -0.122. The first-order valence-corrected chi connectivity index (χ1v) is 6.51. The Bertz CT molecular complexity index is 553. The van der Waals surface area contributed by atoms with Crippen LogP contribution in [0, 0.1) is 6.92 Å². The lowest BCUT2D eigenvalue weighted by Gasteiger charge is -2.11. The summed E-state index contributed by atoms with van der Waals surface area (Å²) in [6, 6.07) is 9.41.